The summed E-state index contributed by atoms with van der Waals surface area (Å²) in [7, 11) is -3.34. The van der Waals surface area contributed by atoms with Crippen LogP contribution in [0, 0.1) is 17.8 Å². The minimum atomic E-state index is -3.34. The molecule has 1 aliphatic rings. The summed E-state index contributed by atoms with van der Waals surface area (Å²) in [5.74, 6) is 1.39. The van der Waals surface area contributed by atoms with Gasteiger partial charge in [0.1, 0.15) is 6.61 Å². The molecule has 1 saturated carbocycles. The number of hydrogen-bond acceptors (Lipinski definition) is 5. The van der Waals surface area contributed by atoms with Gasteiger partial charge in [0.2, 0.25) is 5.91 Å². The number of amides is 1. The molecule has 1 N–H and O–H groups in total. The summed E-state index contributed by atoms with van der Waals surface area (Å²) in [5.41, 5.74) is 0.457. The molecule has 1 aromatic rings. The van der Waals surface area contributed by atoms with Crippen molar-refractivity contribution in [1.82, 2.24) is 4.98 Å². The Morgan fingerprint density at radius 1 is 1.36 bits per heavy atom. The van der Waals surface area contributed by atoms with Crippen LogP contribution in [0.15, 0.2) is 23.4 Å². The number of sulfone groups is 1. The van der Waals surface area contributed by atoms with E-state index in [1.807, 2.05) is 0 Å². The van der Waals surface area contributed by atoms with E-state index in [-0.39, 0.29) is 23.6 Å². The molecule has 0 bridgehead atoms. The van der Waals surface area contributed by atoms with Gasteiger partial charge in [0.25, 0.3) is 0 Å². The van der Waals surface area contributed by atoms with E-state index in [1.165, 1.54) is 24.8 Å². The lowest BCUT2D eigenvalue weighted by atomic mass is 9.75. The highest BCUT2D eigenvalue weighted by atomic mass is 32.2. The minimum Gasteiger partial charge on any atom is -0.368 e. The van der Waals surface area contributed by atoms with Crippen molar-refractivity contribution in [2.75, 3.05) is 18.2 Å². The molecule has 1 fully saturated rings. The molecule has 0 saturated heterocycles. The van der Waals surface area contributed by atoms with Gasteiger partial charge in [0.05, 0.1) is 18.0 Å². The van der Waals surface area contributed by atoms with Crippen LogP contribution in [0.4, 0.5) is 5.69 Å². The molecule has 2 rings (SSSR count). The predicted molar refractivity (Wildman–Crippen MR) is 97.1 cm³/mol. The van der Waals surface area contributed by atoms with Crippen LogP contribution in [0.1, 0.15) is 40.0 Å². The van der Waals surface area contributed by atoms with Crippen LogP contribution in [0.3, 0.4) is 0 Å². The second kappa shape index (κ2) is 8.27. The molecule has 1 amide bonds. The van der Waals surface area contributed by atoms with Gasteiger partial charge in [-0.1, -0.05) is 27.2 Å². The van der Waals surface area contributed by atoms with E-state index in [0.29, 0.717) is 23.4 Å². The van der Waals surface area contributed by atoms with Crippen LogP contribution in [0.25, 0.3) is 0 Å². The zero-order valence-electron chi connectivity index (χ0n) is 15.4. The number of nitrogens with one attached hydrogen (secondary N) is 1. The van der Waals surface area contributed by atoms with Crippen molar-refractivity contribution in [3.63, 3.8) is 0 Å². The van der Waals surface area contributed by atoms with Crippen LogP contribution in [-0.4, -0.2) is 38.3 Å². The third-order valence-electron chi connectivity index (χ3n) is 4.79. The molecule has 0 aromatic carbocycles. The maximum absolute atomic E-state index is 12.1. The molecule has 0 radical (unpaired) electrons. The van der Waals surface area contributed by atoms with Gasteiger partial charge in [-0.25, -0.2) is 13.4 Å². The third-order valence-corrected chi connectivity index (χ3v) is 5.79. The Labute approximate surface area is 150 Å². The largest absolute Gasteiger partial charge is 0.368 e. The summed E-state index contributed by atoms with van der Waals surface area (Å²) < 4.78 is 28.7. The highest BCUT2D eigenvalue weighted by Gasteiger charge is 2.31. The van der Waals surface area contributed by atoms with Crippen molar-refractivity contribution in [3.8, 4) is 0 Å². The lowest BCUT2D eigenvalue weighted by Crippen LogP contribution is -2.36. The van der Waals surface area contributed by atoms with Crippen LogP contribution in [0.2, 0.25) is 0 Å². The van der Waals surface area contributed by atoms with Gasteiger partial charge >= 0.3 is 0 Å². The van der Waals surface area contributed by atoms with Gasteiger partial charge in [-0.2, -0.15) is 0 Å². The zero-order chi connectivity index (χ0) is 18.6. The van der Waals surface area contributed by atoms with Crippen LogP contribution in [0.5, 0.6) is 0 Å². The Hall–Kier alpha value is -1.47. The molecular weight excluding hydrogens is 340 g/mol. The molecule has 1 aliphatic carbocycles. The number of ether oxygens (including phenoxy) is 1. The molecule has 6 nitrogen and oxygen atoms in total. The van der Waals surface area contributed by atoms with E-state index in [4.69, 9.17) is 4.74 Å². The topological polar surface area (TPSA) is 85.4 Å². The van der Waals surface area contributed by atoms with E-state index < -0.39 is 9.84 Å². The first kappa shape index (κ1) is 19.8. The number of anilines is 1. The Kier molecular flexibility index (Phi) is 6.57. The van der Waals surface area contributed by atoms with Gasteiger partial charge in [-0.15, -0.1) is 0 Å². The highest BCUT2D eigenvalue weighted by molar-refractivity contribution is 7.90. The number of carbonyl (C=O) groups excluding carboxylic acids is 1. The fourth-order valence-electron chi connectivity index (χ4n) is 3.36. The zero-order valence-corrected chi connectivity index (χ0v) is 16.2. The molecule has 0 aliphatic heterocycles. The molecule has 0 spiro atoms. The molecular formula is C18H28N2O4S. The highest BCUT2D eigenvalue weighted by Crippen LogP contribution is 2.35. The fourth-order valence-corrected chi connectivity index (χ4v) is 3.92. The molecule has 3 atom stereocenters. The smallest absolute Gasteiger partial charge is 0.250 e. The summed E-state index contributed by atoms with van der Waals surface area (Å²) in [6, 6.07) is 2.91. The lowest BCUT2D eigenvalue weighted by Gasteiger charge is -2.37. The Bertz CT molecular complexity index is 686. The van der Waals surface area contributed by atoms with Gasteiger partial charge in [0.15, 0.2) is 14.9 Å². The van der Waals surface area contributed by atoms with Crippen LogP contribution >= 0.6 is 0 Å². The average molecular weight is 368 g/mol. The molecule has 3 unspecified atom stereocenters. The number of carbonyl (C=O) groups is 1. The van der Waals surface area contributed by atoms with Crippen molar-refractivity contribution < 1.29 is 17.9 Å². The summed E-state index contributed by atoms with van der Waals surface area (Å²) in [6.07, 6.45) is 5.89. The Balaban J connectivity index is 1.89. The first-order valence-corrected chi connectivity index (χ1v) is 10.6. The molecule has 1 heterocycles. The number of pyridine rings is 1. The third kappa shape index (κ3) is 5.78. The van der Waals surface area contributed by atoms with Crippen LogP contribution in [-0.2, 0) is 19.4 Å². The Morgan fingerprint density at radius 2 is 2.08 bits per heavy atom. The normalized spacial score (nSPS) is 24.3. The molecule has 1 aromatic heterocycles. The first-order valence-electron chi connectivity index (χ1n) is 8.74. The van der Waals surface area contributed by atoms with Gasteiger partial charge in [-0.05, 0) is 42.7 Å². The van der Waals surface area contributed by atoms with Crippen molar-refractivity contribution in [3.05, 3.63) is 18.3 Å². The predicted octanol–water partition coefficient (Wildman–Crippen LogP) is 2.90. The lowest BCUT2D eigenvalue weighted by molar-refractivity contribution is -0.126. The van der Waals surface area contributed by atoms with Gasteiger partial charge in [0, 0.05) is 6.26 Å². The summed E-state index contributed by atoms with van der Waals surface area (Å²) in [4.78, 5) is 16.0. The van der Waals surface area contributed by atoms with Crippen LogP contribution < -0.4 is 5.32 Å². The van der Waals surface area contributed by atoms with Crippen molar-refractivity contribution in [2.24, 2.45) is 17.8 Å². The second-order valence-electron chi connectivity index (χ2n) is 7.38. The van der Waals surface area contributed by atoms with Gasteiger partial charge in [-0.3, -0.25) is 4.79 Å². The Morgan fingerprint density at radius 3 is 2.64 bits per heavy atom. The number of hydrogen-bond donors (Lipinski definition) is 1. The maximum Gasteiger partial charge on any atom is 0.250 e. The number of nitrogens with zero attached hydrogens (tertiary/aromatic N) is 1. The minimum absolute atomic E-state index is 0.00552. The summed E-state index contributed by atoms with van der Waals surface area (Å²) in [5, 5.41) is 2.68. The van der Waals surface area contributed by atoms with E-state index in [1.54, 1.807) is 0 Å². The maximum atomic E-state index is 12.1. The summed E-state index contributed by atoms with van der Waals surface area (Å²) >= 11 is 0. The molecule has 25 heavy (non-hydrogen) atoms. The monoisotopic (exact) mass is 368 g/mol. The van der Waals surface area contributed by atoms with Crippen molar-refractivity contribution in [1.29, 1.82) is 0 Å². The van der Waals surface area contributed by atoms with Crippen molar-refractivity contribution in [2.45, 2.75) is 51.2 Å². The second-order valence-corrected chi connectivity index (χ2v) is 9.34. The van der Waals surface area contributed by atoms with E-state index in [0.717, 1.165) is 19.1 Å². The van der Waals surface area contributed by atoms with Gasteiger partial charge < -0.3 is 10.1 Å². The quantitative estimate of drug-likeness (QED) is 0.834. The number of aromatic nitrogens is 1. The first-order chi connectivity index (χ1) is 11.7. The average Bonchev–Trinajstić information content (AvgIpc) is 2.52. The van der Waals surface area contributed by atoms with E-state index in [9.17, 15) is 13.2 Å². The number of rotatable bonds is 6. The SMILES string of the molecule is CC1CCC(C(C)C)C(OCC(=O)Nc2ccc(S(C)(=O)=O)nc2)C1. The molecule has 7 heteroatoms. The van der Waals surface area contributed by atoms with E-state index in [2.05, 4.69) is 31.1 Å². The van der Waals surface area contributed by atoms with Crippen molar-refractivity contribution >= 4 is 21.4 Å². The molecule has 140 valence electrons. The van der Waals surface area contributed by atoms with E-state index >= 15 is 0 Å². The summed E-state index contributed by atoms with van der Waals surface area (Å²) in [6.45, 7) is 6.62. The standard InChI is InChI=1S/C18H28N2O4S/c1-12(2)15-7-5-13(3)9-16(15)24-11-17(21)20-14-6-8-18(19-10-14)25(4,22)23/h6,8,10,12-13,15-16H,5,7,9,11H2,1-4H3,(H,20,21). The fraction of sp³-hybridized carbons (Fsp3) is 0.667.